The number of hydrogen-bond donors (Lipinski definition) is 0. The van der Waals surface area contributed by atoms with Crippen LogP contribution in [-0.2, 0) is 5.41 Å². The lowest BCUT2D eigenvalue weighted by Gasteiger charge is -2.21. The molecule has 0 atom stereocenters. The van der Waals surface area contributed by atoms with Crippen LogP contribution in [0.5, 0.6) is 0 Å². The van der Waals surface area contributed by atoms with Gasteiger partial charge >= 0.3 is 0 Å². The fraction of sp³-hybridized carbons (Fsp3) is 0.0500. The van der Waals surface area contributed by atoms with Crippen molar-refractivity contribution < 1.29 is 0 Å². The second-order valence-electron chi connectivity index (χ2n) is 17.7. The molecule has 0 aliphatic heterocycles. The molecule has 5 heteroatoms. The number of fused-ring (bicyclic) bond motifs is 9. The third-order valence-corrected chi connectivity index (χ3v) is 13.6. The maximum Gasteiger partial charge on any atom is 0.164 e. The van der Waals surface area contributed by atoms with Crippen molar-refractivity contribution >= 4 is 43.6 Å². The molecule has 0 saturated heterocycles. The van der Waals surface area contributed by atoms with Gasteiger partial charge in [0.2, 0.25) is 0 Å². The van der Waals surface area contributed by atoms with Crippen LogP contribution >= 0.6 is 0 Å². The minimum atomic E-state index is -0.0935. The Balaban J connectivity index is 0.960. The largest absolute Gasteiger partial charge is 0.309 e. The molecular formula is C60H41N5. The van der Waals surface area contributed by atoms with Gasteiger partial charge in [-0.25, -0.2) is 15.0 Å². The Morgan fingerprint density at radius 3 is 1.48 bits per heavy atom. The summed E-state index contributed by atoms with van der Waals surface area (Å²) in [4.78, 5) is 15.0. The molecule has 0 spiro atoms. The Morgan fingerprint density at radius 2 is 0.800 bits per heavy atom. The number of rotatable bonds is 6. The van der Waals surface area contributed by atoms with Crippen molar-refractivity contribution in [2.24, 2.45) is 0 Å². The number of benzene rings is 9. The molecule has 3 aromatic heterocycles. The van der Waals surface area contributed by atoms with Gasteiger partial charge in [0.25, 0.3) is 0 Å². The van der Waals surface area contributed by atoms with Gasteiger partial charge in [0.1, 0.15) is 0 Å². The first-order valence-electron chi connectivity index (χ1n) is 22.3. The summed E-state index contributed by atoms with van der Waals surface area (Å²) in [7, 11) is 0. The van der Waals surface area contributed by atoms with Gasteiger partial charge in [-0.05, 0) is 100 Å². The van der Waals surface area contributed by atoms with Gasteiger partial charge in [0, 0.05) is 55.0 Å². The van der Waals surface area contributed by atoms with Crippen molar-refractivity contribution in [1.29, 1.82) is 0 Å². The molecule has 65 heavy (non-hydrogen) atoms. The SMILES string of the molecule is CC1(C)c2ccccc2-c2cc3c4cc(-c5ccc6c(c5)c5ccccc5n6-c5cccc(-c6nc(-c7ccccc7)nc(-c7ccccc7)n6)c5)ccc4n(-c4ccccc4)c3cc21. The lowest BCUT2D eigenvalue weighted by Crippen LogP contribution is -2.14. The summed E-state index contributed by atoms with van der Waals surface area (Å²) in [5.41, 5.74) is 17.4. The van der Waals surface area contributed by atoms with E-state index in [0.29, 0.717) is 17.5 Å². The van der Waals surface area contributed by atoms with Crippen molar-refractivity contribution in [2.75, 3.05) is 0 Å². The number of para-hydroxylation sites is 2. The van der Waals surface area contributed by atoms with Crippen molar-refractivity contribution in [3.63, 3.8) is 0 Å². The number of aromatic nitrogens is 5. The highest BCUT2D eigenvalue weighted by molar-refractivity contribution is 6.14. The Kier molecular flexibility index (Phi) is 8.18. The third-order valence-electron chi connectivity index (χ3n) is 13.6. The van der Waals surface area contributed by atoms with E-state index in [2.05, 4.69) is 175 Å². The quantitative estimate of drug-likeness (QED) is 0.168. The summed E-state index contributed by atoms with van der Waals surface area (Å²) in [5, 5.41) is 4.91. The van der Waals surface area contributed by atoms with Crippen molar-refractivity contribution in [1.82, 2.24) is 24.1 Å². The maximum atomic E-state index is 5.05. The van der Waals surface area contributed by atoms with Crippen LogP contribution in [-0.4, -0.2) is 24.1 Å². The lowest BCUT2D eigenvalue weighted by molar-refractivity contribution is 0.661. The summed E-state index contributed by atoms with van der Waals surface area (Å²) >= 11 is 0. The highest BCUT2D eigenvalue weighted by Crippen LogP contribution is 2.51. The molecule has 0 saturated carbocycles. The topological polar surface area (TPSA) is 48.5 Å². The van der Waals surface area contributed by atoms with E-state index in [9.17, 15) is 0 Å². The molecule has 3 heterocycles. The van der Waals surface area contributed by atoms with E-state index in [1.807, 2.05) is 60.7 Å². The van der Waals surface area contributed by atoms with Crippen molar-refractivity contribution in [3.8, 4) is 67.8 Å². The van der Waals surface area contributed by atoms with E-state index in [-0.39, 0.29) is 5.41 Å². The van der Waals surface area contributed by atoms with E-state index >= 15 is 0 Å². The molecule has 0 radical (unpaired) electrons. The molecule has 0 fully saturated rings. The average Bonchev–Trinajstić information content (AvgIpc) is 3.96. The van der Waals surface area contributed by atoms with Crippen LogP contribution in [0.2, 0.25) is 0 Å². The van der Waals surface area contributed by atoms with Crippen LogP contribution in [0.4, 0.5) is 0 Å². The van der Waals surface area contributed by atoms with Crippen LogP contribution in [0.1, 0.15) is 25.0 Å². The summed E-state index contributed by atoms with van der Waals surface area (Å²) in [6.07, 6.45) is 0. The average molecular weight is 832 g/mol. The molecule has 12 aromatic rings. The van der Waals surface area contributed by atoms with Gasteiger partial charge in [0.15, 0.2) is 17.5 Å². The van der Waals surface area contributed by atoms with Crippen LogP contribution in [0.25, 0.3) is 111 Å². The molecule has 5 nitrogen and oxygen atoms in total. The normalized spacial score (nSPS) is 12.9. The van der Waals surface area contributed by atoms with Gasteiger partial charge in [-0.15, -0.1) is 0 Å². The monoisotopic (exact) mass is 831 g/mol. The molecule has 0 amide bonds. The Hall–Kier alpha value is -8.41. The van der Waals surface area contributed by atoms with Crippen LogP contribution < -0.4 is 0 Å². The zero-order valence-electron chi connectivity index (χ0n) is 35.9. The Morgan fingerprint density at radius 1 is 0.308 bits per heavy atom. The molecule has 0 N–H and O–H groups in total. The summed E-state index contributed by atoms with van der Waals surface area (Å²) in [6.45, 7) is 4.72. The van der Waals surface area contributed by atoms with Crippen molar-refractivity contribution in [3.05, 3.63) is 223 Å². The lowest BCUT2D eigenvalue weighted by atomic mass is 9.82. The fourth-order valence-corrected chi connectivity index (χ4v) is 10.4. The summed E-state index contributed by atoms with van der Waals surface area (Å²) in [5.74, 6) is 1.92. The molecule has 306 valence electrons. The second-order valence-corrected chi connectivity index (χ2v) is 17.7. The minimum Gasteiger partial charge on any atom is -0.309 e. The molecule has 13 rings (SSSR count). The highest BCUT2D eigenvalue weighted by Gasteiger charge is 2.36. The first kappa shape index (κ1) is 37.2. The smallest absolute Gasteiger partial charge is 0.164 e. The van der Waals surface area contributed by atoms with E-state index in [4.69, 9.17) is 15.0 Å². The molecule has 0 bridgehead atoms. The van der Waals surface area contributed by atoms with Crippen LogP contribution in [0, 0.1) is 0 Å². The van der Waals surface area contributed by atoms with Crippen LogP contribution in [0.15, 0.2) is 212 Å². The first-order chi connectivity index (χ1) is 32.0. The zero-order valence-corrected chi connectivity index (χ0v) is 35.9. The predicted molar refractivity (Wildman–Crippen MR) is 268 cm³/mol. The predicted octanol–water partition coefficient (Wildman–Crippen LogP) is 15.0. The first-order valence-corrected chi connectivity index (χ1v) is 22.3. The van der Waals surface area contributed by atoms with Gasteiger partial charge in [-0.1, -0.05) is 159 Å². The Bertz CT molecular complexity index is 3790. The molecular weight excluding hydrogens is 791 g/mol. The Labute approximate surface area is 376 Å². The highest BCUT2D eigenvalue weighted by atomic mass is 15.0. The summed E-state index contributed by atoms with van der Waals surface area (Å²) < 4.78 is 4.81. The van der Waals surface area contributed by atoms with E-state index in [1.165, 1.54) is 66.0 Å². The van der Waals surface area contributed by atoms with E-state index < -0.39 is 0 Å². The third kappa shape index (κ3) is 5.82. The zero-order chi connectivity index (χ0) is 43.2. The fourth-order valence-electron chi connectivity index (χ4n) is 10.4. The molecule has 1 aliphatic rings. The molecule has 9 aromatic carbocycles. The van der Waals surface area contributed by atoms with Gasteiger partial charge < -0.3 is 9.13 Å². The van der Waals surface area contributed by atoms with Crippen molar-refractivity contribution in [2.45, 2.75) is 19.3 Å². The second kappa shape index (κ2) is 14.3. The van der Waals surface area contributed by atoms with E-state index in [0.717, 1.165) is 39.1 Å². The maximum absolute atomic E-state index is 5.05. The van der Waals surface area contributed by atoms with E-state index in [1.54, 1.807) is 0 Å². The van der Waals surface area contributed by atoms with Crippen LogP contribution in [0.3, 0.4) is 0 Å². The standard InChI is InChI=1S/C60H41N5/c1-60(2)51-27-14-12-25-45(51)47-36-50-49-35-41(30-32-55(49)64(56(50)37-52(47)60)43-22-10-5-11-23-43)40-29-31-54-48(34-40)46-26-13-15-28-53(46)65(54)44-24-16-21-42(33-44)59-62-57(38-17-6-3-7-18-38)61-58(63-59)39-19-8-4-9-20-39/h3-37H,1-2H3. The molecule has 1 aliphatic carbocycles. The van der Waals surface area contributed by atoms with Gasteiger partial charge in [-0.3, -0.25) is 0 Å². The van der Waals surface area contributed by atoms with Gasteiger partial charge in [0.05, 0.1) is 22.1 Å². The summed E-state index contributed by atoms with van der Waals surface area (Å²) in [6, 6.07) is 76.1. The number of nitrogens with zero attached hydrogens (tertiary/aromatic N) is 5. The van der Waals surface area contributed by atoms with Gasteiger partial charge in [-0.2, -0.15) is 0 Å². The number of hydrogen-bond acceptors (Lipinski definition) is 3. The minimum absolute atomic E-state index is 0.0935. The molecule has 0 unspecified atom stereocenters.